The predicted octanol–water partition coefficient (Wildman–Crippen LogP) is 2.18. The molecule has 0 bridgehead atoms. The second kappa shape index (κ2) is 9.00. The summed E-state index contributed by atoms with van der Waals surface area (Å²) in [5.74, 6) is 0.242. The Bertz CT molecular complexity index is 456. The lowest BCUT2D eigenvalue weighted by Gasteiger charge is -2.19. The van der Waals surface area contributed by atoms with E-state index in [0.717, 1.165) is 11.3 Å². The molecule has 1 rings (SSSR count). The number of benzene rings is 1. The van der Waals surface area contributed by atoms with Crippen molar-refractivity contribution in [3.05, 3.63) is 29.8 Å². The van der Waals surface area contributed by atoms with Crippen LogP contribution in [0.25, 0.3) is 0 Å². The van der Waals surface area contributed by atoms with Crippen molar-refractivity contribution in [2.24, 2.45) is 0 Å². The van der Waals surface area contributed by atoms with Crippen LogP contribution in [0.3, 0.4) is 0 Å². The Kier molecular flexibility index (Phi) is 7.29. The van der Waals surface area contributed by atoms with E-state index in [-0.39, 0.29) is 24.8 Å². The van der Waals surface area contributed by atoms with Gasteiger partial charge in [0.1, 0.15) is 12.3 Å². The number of nitrogens with zero attached hydrogens (tertiary/aromatic N) is 1. The predicted molar refractivity (Wildman–Crippen MR) is 80.2 cm³/mol. The zero-order valence-electron chi connectivity index (χ0n) is 12.9. The van der Waals surface area contributed by atoms with Gasteiger partial charge in [-0.2, -0.15) is 0 Å². The Labute approximate surface area is 125 Å². The van der Waals surface area contributed by atoms with Crippen molar-refractivity contribution >= 4 is 11.9 Å². The third kappa shape index (κ3) is 6.29. The minimum Gasteiger partial charge on any atom is -0.493 e. The van der Waals surface area contributed by atoms with Crippen LogP contribution in [0.4, 0.5) is 0 Å². The van der Waals surface area contributed by atoms with Gasteiger partial charge in [0.2, 0.25) is 5.91 Å². The third-order valence-electron chi connectivity index (χ3n) is 2.97. The monoisotopic (exact) mass is 293 g/mol. The van der Waals surface area contributed by atoms with E-state index in [2.05, 4.69) is 0 Å². The second-order valence-corrected chi connectivity index (χ2v) is 4.62. The number of carbonyl (C=O) groups excluding carboxylic acids is 2. The summed E-state index contributed by atoms with van der Waals surface area (Å²) >= 11 is 0. The molecular formula is C16H23NO4. The van der Waals surface area contributed by atoms with Crippen LogP contribution in [0.15, 0.2) is 24.3 Å². The second-order valence-electron chi connectivity index (χ2n) is 4.62. The molecule has 0 fully saturated rings. The highest BCUT2D eigenvalue weighted by Gasteiger charge is 2.16. The van der Waals surface area contributed by atoms with Crippen molar-refractivity contribution in [3.8, 4) is 5.75 Å². The van der Waals surface area contributed by atoms with Gasteiger partial charge < -0.3 is 14.4 Å². The summed E-state index contributed by atoms with van der Waals surface area (Å²) in [4.78, 5) is 24.9. The van der Waals surface area contributed by atoms with Crippen LogP contribution in [0.2, 0.25) is 0 Å². The Morgan fingerprint density at radius 2 is 1.81 bits per heavy atom. The Morgan fingerprint density at radius 1 is 1.14 bits per heavy atom. The normalized spacial score (nSPS) is 10.0. The van der Waals surface area contributed by atoms with Gasteiger partial charge in [-0.3, -0.25) is 9.59 Å². The van der Waals surface area contributed by atoms with Crippen molar-refractivity contribution in [3.63, 3.8) is 0 Å². The van der Waals surface area contributed by atoms with Crippen LogP contribution in [0, 0.1) is 6.92 Å². The van der Waals surface area contributed by atoms with Gasteiger partial charge in [0.15, 0.2) is 0 Å². The average Bonchev–Trinajstić information content (AvgIpc) is 2.47. The zero-order valence-corrected chi connectivity index (χ0v) is 12.9. The molecule has 0 unspecified atom stereocenters. The fourth-order valence-corrected chi connectivity index (χ4v) is 1.79. The number of carbonyl (C=O) groups is 2. The van der Waals surface area contributed by atoms with Crippen LogP contribution >= 0.6 is 0 Å². The highest BCUT2D eigenvalue weighted by atomic mass is 16.5. The van der Waals surface area contributed by atoms with Crippen molar-refractivity contribution in [2.75, 3.05) is 26.3 Å². The summed E-state index contributed by atoms with van der Waals surface area (Å²) in [6.45, 7) is 6.66. The van der Waals surface area contributed by atoms with Gasteiger partial charge in [-0.05, 0) is 32.9 Å². The molecular weight excluding hydrogens is 270 g/mol. The highest BCUT2D eigenvalue weighted by molar-refractivity contribution is 5.82. The lowest BCUT2D eigenvalue weighted by atomic mass is 10.2. The standard InChI is InChI=1S/C16H23NO4/c1-4-17(12-16(19)20-5-2)15(18)10-11-21-14-8-6-13(3)7-9-14/h6-9H,4-5,10-12H2,1-3H3. The van der Waals surface area contributed by atoms with E-state index < -0.39 is 0 Å². The maximum absolute atomic E-state index is 12.0. The van der Waals surface area contributed by atoms with E-state index >= 15 is 0 Å². The van der Waals surface area contributed by atoms with E-state index in [1.165, 1.54) is 4.90 Å². The maximum Gasteiger partial charge on any atom is 0.325 e. The molecule has 0 atom stereocenters. The average molecular weight is 293 g/mol. The minimum absolute atomic E-state index is 0.00625. The molecule has 0 saturated carbocycles. The molecule has 0 saturated heterocycles. The van der Waals surface area contributed by atoms with Gasteiger partial charge in [-0.1, -0.05) is 17.7 Å². The van der Waals surface area contributed by atoms with E-state index in [1.807, 2.05) is 38.1 Å². The molecule has 0 aliphatic carbocycles. The summed E-state index contributed by atoms with van der Waals surface area (Å²) in [5, 5.41) is 0. The molecule has 0 heterocycles. The Balaban J connectivity index is 2.36. The molecule has 1 amide bonds. The fraction of sp³-hybridized carbons (Fsp3) is 0.500. The van der Waals surface area contributed by atoms with Crippen LogP contribution in [0.1, 0.15) is 25.8 Å². The number of ether oxygens (including phenoxy) is 2. The summed E-state index contributed by atoms with van der Waals surface area (Å²) in [7, 11) is 0. The van der Waals surface area contributed by atoms with Gasteiger partial charge in [0.05, 0.1) is 19.6 Å². The van der Waals surface area contributed by atoms with E-state index in [1.54, 1.807) is 6.92 Å². The molecule has 1 aromatic carbocycles. The first kappa shape index (κ1) is 17.0. The van der Waals surface area contributed by atoms with E-state index in [4.69, 9.17) is 9.47 Å². The summed E-state index contributed by atoms with van der Waals surface area (Å²) in [6.07, 6.45) is 0.237. The number of esters is 1. The number of amides is 1. The summed E-state index contributed by atoms with van der Waals surface area (Å²) in [6, 6.07) is 7.65. The topological polar surface area (TPSA) is 55.8 Å². The molecule has 0 spiro atoms. The molecule has 21 heavy (non-hydrogen) atoms. The molecule has 5 nitrogen and oxygen atoms in total. The zero-order chi connectivity index (χ0) is 15.7. The van der Waals surface area contributed by atoms with Crippen molar-refractivity contribution in [2.45, 2.75) is 27.2 Å². The molecule has 0 N–H and O–H groups in total. The van der Waals surface area contributed by atoms with Crippen molar-refractivity contribution < 1.29 is 19.1 Å². The molecule has 0 aliphatic rings. The third-order valence-corrected chi connectivity index (χ3v) is 2.97. The number of aryl methyl sites for hydroxylation is 1. The van der Waals surface area contributed by atoms with Gasteiger partial charge in [0, 0.05) is 6.54 Å². The van der Waals surface area contributed by atoms with E-state index in [9.17, 15) is 9.59 Å². The first-order valence-corrected chi connectivity index (χ1v) is 7.19. The maximum atomic E-state index is 12.0. The number of hydrogen-bond donors (Lipinski definition) is 0. The lowest BCUT2D eigenvalue weighted by Crippen LogP contribution is -2.36. The van der Waals surface area contributed by atoms with Crippen LogP contribution < -0.4 is 4.74 Å². The van der Waals surface area contributed by atoms with Gasteiger partial charge in [-0.15, -0.1) is 0 Å². The number of rotatable bonds is 8. The Hall–Kier alpha value is -2.04. The van der Waals surface area contributed by atoms with Gasteiger partial charge >= 0.3 is 5.97 Å². The summed E-state index contributed by atoms with van der Waals surface area (Å²) < 4.78 is 10.4. The van der Waals surface area contributed by atoms with Crippen LogP contribution in [-0.4, -0.2) is 43.1 Å². The van der Waals surface area contributed by atoms with Gasteiger partial charge in [0.25, 0.3) is 0 Å². The molecule has 1 aromatic rings. The van der Waals surface area contributed by atoms with Crippen molar-refractivity contribution in [1.29, 1.82) is 0 Å². The molecule has 5 heteroatoms. The van der Waals surface area contributed by atoms with E-state index in [0.29, 0.717) is 19.8 Å². The van der Waals surface area contributed by atoms with Gasteiger partial charge in [-0.25, -0.2) is 0 Å². The van der Waals surface area contributed by atoms with Crippen LogP contribution in [-0.2, 0) is 14.3 Å². The lowest BCUT2D eigenvalue weighted by molar-refractivity contribution is -0.149. The van der Waals surface area contributed by atoms with Crippen LogP contribution in [0.5, 0.6) is 5.75 Å². The highest BCUT2D eigenvalue weighted by Crippen LogP contribution is 2.11. The number of hydrogen-bond acceptors (Lipinski definition) is 4. The fourth-order valence-electron chi connectivity index (χ4n) is 1.79. The first-order chi connectivity index (χ1) is 10.1. The van der Waals surface area contributed by atoms with Crippen molar-refractivity contribution in [1.82, 2.24) is 4.90 Å². The Morgan fingerprint density at radius 3 is 2.38 bits per heavy atom. The largest absolute Gasteiger partial charge is 0.493 e. The SMILES string of the molecule is CCOC(=O)CN(CC)C(=O)CCOc1ccc(C)cc1. The first-order valence-electron chi connectivity index (χ1n) is 7.19. The quantitative estimate of drug-likeness (QED) is 0.689. The molecule has 0 aliphatic heterocycles. The molecule has 116 valence electrons. The summed E-state index contributed by atoms with van der Waals surface area (Å²) in [5.41, 5.74) is 1.16. The minimum atomic E-state index is -0.382. The smallest absolute Gasteiger partial charge is 0.325 e. The molecule has 0 radical (unpaired) electrons. The number of likely N-dealkylation sites (N-methyl/N-ethyl adjacent to an activating group) is 1. The molecule has 0 aromatic heterocycles.